The molecule has 3 rings (SSSR count). The molecule has 2 aromatic carbocycles. The first-order chi connectivity index (χ1) is 18.7. The second-order valence-corrected chi connectivity index (χ2v) is 9.32. The van der Waals surface area contributed by atoms with Crippen molar-refractivity contribution in [3.63, 3.8) is 0 Å². The fourth-order valence-electron chi connectivity index (χ4n) is 3.83. The average Bonchev–Trinajstić information content (AvgIpc) is 2.91. The number of benzene rings is 2. The molecule has 0 saturated heterocycles. The number of carbonyl (C=O) groups is 2. The molecular weight excluding hydrogens is 623 g/mol. The van der Waals surface area contributed by atoms with Gasteiger partial charge in [-0.15, -0.1) is 0 Å². The van der Waals surface area contributed by atoms with Crippen LogP contribution in [0, 0.1) is 3.57 Å². The zero-order valence-corrected chi connectivity index (χ0v) is 24.3. The van der Waals surface area contributed by atoms with E-state index in [0.29, 0.717) is 40.9 Å². The first kappa shape index (κ1) is 29.8. The van der Waals surface area contributed by atoms with Crippen molar-refractivity contribution in [3.8, 4) is 23.0 Å². The number of hydrogen-bond donors (Lipinski definition) is 4. The van der Waals surface area contributed by atoms with E-state index in [4.69, 9.17) is 23.7 Å². The van der Waals surface area contributed by atoms with Crippen molar-refractivity contribution in [2.45, 2.75) is 26.1 Å². The smallest absolute Gasteiger partial charge is 0.337 e. The molecule has 4 N–H and O–H groups in total. The summed E-state index contributed by atoms with van der Waals surface area (Å²) in [5, 5.41) is 19.7. The Balaban J connectivity index is 1.70. The van der Waals surface area contributed by atoms with Crippen molar-refractivity contribution in [1.29, 1.82) is 0 Å². The van der Waals surface area contributed by atoms with E-state index in [0.717, 1.165) is 9.13 Å². The van der Waals surface area contributed by atoms with Crippen LogP contribution in [0.4, 0.5) is 4.79 Å². The molecule has 1 aliphatic heterocycles. The lowest BCUT2D eigenvalue weighted by molar-refractivity contribution is -0.136. The minimum atomic E-state index is -1.13. The fourth-order valence-corrected chi connectivity index (χ4v) is 4.68. The number of methoxy groups -OCH3 is 3. The third-order valence-electron chi connectivity index (χ3n) is 5.57. The molecule has 0 fully saturated rings. The predicted molar refractivity (Wildman–Crippen MR) is 151 cm³/mol. The summed E-state index contributed by atoms with van der Waals surface area (Å²) in [7, 11) is 4.39. The van der Waals surface area contributed by atoms with Crippen LogP contribution in [0.5, 0.6) is 23.0 Å². The highest BCUT2D eigenvalue weighted by atomic mass is 127. The number of urea groups is 1. The van der Waals surface area contributed by atoms with E-state index < -0.39 is 24.3 Å². The SMILES string of the molecule is CCOc1cc([C@@H]2NC(=O)NC(C)=C2C(=O)OC)ccc1OC[C@H](O)N/N=C\c1cc(I)c(OC)c(OC)c1. The molecule has 0 unspecified atom stereocenters. The van der Waals surface area contributed by atoms with Crippen molar-refractivity contribution >= 4 is 40.8 Å². The average molecular weight is 654 g/mol. The molecular formula is C26H31IN4O8. The molecule has 13 heteroatoms. The van der Waals surface area contributed by atoms with Crippen molar-refractivity contribution in [2.75, 3.05) is 34.5 Å². The summed E-state index contributed by atoms with van der Waals surface area (Å²) in [6.07, 6.45) is 0.407. The molecule has 0 bridgehead atoms. The number of allylic oxidation sites excluding steroid dienone is 1. The maximum absolute atomic E-state index is 12.4. The van der Waals surface area contributed by atoms with E-state index in [-0.39, 0.29) is 12.2 Å². The quantitative estimate of drug-likeness (QED) is 0.0892. The molecule has 0 saturated carbocycles. The Labute approximate surface area is 239 Å². The Morgan fingerprint density at radius 1 is 1.15 bits per heavy atom. The highest BCUT2D eigenvalue weighted by Gasteiger charge is 2.32. The van der Waals surface area contributed by atoms with Crippen LogP contribution in [-0.2, 0) is 9.53 Å². The summed E-state index contributed by atoms with van der Waals surface area (Å²) in [6, 6.07) is 7.43. The second kappa shape index (κ2) is 13.9. The number of halogens is 1. The minimum Gasteiger partial charge on any atom is -0.493 e. The monoisotopic (exact) mass is 654 g/mol. The van der Waals surface area contributed by atoms with Crippen molar-refractivity contribution in [3.05, 3.63) is 56.3 Å². The Kier molecular flexibility index (Phi) is 10.6. The number of esters is 1. The van der Waals surface area contributed by atoms with Gasteiger partial charge in [-0.05, 0) is 71.8 Å². The number of rotatable bonds is 12. The van der Waals surface area contributed by atoms with Crippen LogP contribution in [0.25, 0.3) is 0 Å². The molecule has 0 radical (unpaired) electrons. The van der Waals surface area contributed by atoms with Crippen LogP contribution in [0.3, 0.4) is 0 Å². The predicted octanol–water partition coefficient (Wildman–Crippen LogP) is 2.83. The Hall–Kier alpha value is -3.72. The standard InChI is InChI=1S/C26H31IN4O8/c1-6-38-19-11-16(23-22(25(33)37-5)14(2)29-26(34)30-23)7-8-18(19)39-13-21(32)31-28-12-15-9-17(27)24(36-4)20(10-15)35-3/h7-12,21,23,31-32H,6,13H2,1-5H3,(H2,29,30,34)/b28-12-/t21-,23-/m0/s1. The van der Waals surface area contributed by atoms with E-state index in [1.165, 1.54) is 13.3 Å². The Morgan fingerprint density at radius 2 is 1.92 bits per heavy atom. The number of carbonyl (C=O) groups excluding carboxylic acids is 2. The maximum atomic E-state index is 12.4. The van der Waals surface area contributed by atoms with Gasteiger partial charge in [-0.25, -0.2) is 9.59 Å². The molecule has 1 aliphatic rings. The van der Waals surface area contributed by atoms with Gasteiger partial charge in [-0.3, -0.25) is 5.43 Å². The van der Waals surface area contributed by atoms with Crippen LogP contribution < -0.4 is 35.0 Å². The lowest BCUT2D eigenvalue weighted by Gasteiger charge is -2.28. The Morgan fingerprint density at radius 3 is 2.59 bits per heavy atom. The van der Waals surface area contributed by atoms with Gasteiger partial charge in [0.2, 0.25) is 0 Å². The van der Waals surface area contributed by atoms with E-state index in [9.17, 15) is 14.7 Å². The van der Waals surface area contributed by atoms with Crippen LogP contribution in [0.1, 0.15) is 31.0 Å². The van der Waals surface area contributed by atoms with Gasteiger partial charge in [-0.1, -0.05) is 6.07 Å². The number of hydrogen-bond acceptors (Lipinski definition) is 10. The van der Waals surface area contributed by atoms with Gasteiger partial charge in [0, 0.05) is 5.70 Å². The second-order valence-electron chi connectivity index (χ2n) is 8.15. The van der Waals surface area contributed by atoms with Gasteiger partial charge in [-0.2, -0.15) is 5.10 Å². The number of hydrazone groups is 1. The molecule has 0 spiro atoms. The maximum Gasteiger partial charge on any atom is 0.337 e. The van der Waals surface area contributed by atoms with E-state index in [1.807, 2.05) is 13.0 Å². The highest BCUT2D eigenvalue weighted by Crippen LogP contribution is 2.35. The summed E-state index contributed by atoms with van der Waals surface area (Å²) in [6.45, 7) is 3.64. The summed E-state index contributed by atoms with van der Waals surface area (Å²) in [4.78, 5) is 24.5. The molecule has 0 aromatic heterocycles. The molecule has 2 amide bonds. The molecule has 12 nitrogen and oxygen atoms in total. The number of ether oxygens (including phenoxy) is 5. The third-order valence-corrected chi connectivity index (χ3v) is 6.37. The molecule has 2 aromatic rings. The Bertz CT molecular complexity index is 1270. The van der Waals surface area contributed by atoms with E-state index in [2.05, 4.69) is 43.8 Å². The zero-order valence-electron chi connectivity index (χ0n) is 22.2. The number of nitrogens with one attached hydrogen (secondary N) is 3. The van der Waals surface area contributed by atoms with Crippen LogP contribution in [0.15, 0.2) is 46.7 Å². The summed E-state index contributed by atoms with van der Waals surface area (Å²) < 4.78 is 27.9. The van der Waals surface area contributed by atoms with Crippen LogP contribution in [0.2, 0.25) is 0 Å². The molecule has 1 heterocycles. The summed E-state index contributed by atoms with van der Waals surface area (Å²) >= 11 is 2.14. The lowest BCUT2D eigenvalue weighted by Crippen LogP contribution is -2.45. The zero-order chi connectivity index (χ0) is 28.5. The van der Waals surface area contributed by atoms with Gasteiger partial charge in [0.15, 0.2) is 29.2 Å². The van der Waals surface area contributed by atoms with Gasteiger partial charge in [0.05, 0.1) is 49.3 Å². The highest BCUT2D eigenvalue weighted by molar-refractivity contribution is 14.1. The number of aliphatic hydroxyl groups excluding tert-OH is 1. The van der Waals surface area contributed by atoms with E-state index in [1.54, 1.807) is 45.4 Å². The van der Waals surface area contributed by atoms with Crippen molar-refractivity contribution < 1.29 is 38.4 Å². The van der Waals surface area contributed by atoms with Gasteiger partial charge in [0.25, 0.3) is 0 Å². The topological polar surface area (TPSA) is 149 Å². The summed E-state index contributed by atoms with van der Waals surface area (Å²) in [5.41, 5.74) is 4.61. The molecule has 2 atom stereocenters. The number of amides is 2. The number of nitrogens with zero attached hydrogens (tertiary/aromatic N) is 1. The molecule has 0 aliphatic carbocycles. The largest absolute Gasteiger partial charge is 0.493 e. The van der Waals surface area contributed by atoms with Crippen molar-refractivity contribution in [1.82, 2.24) is 16.1 Å². The summed E-state index contributed by atoms with van der Waals surface area (Å²) in [5.74, 6) is 1.36. The van der Waals surface area contributed by atoms with Crippen LogP contribution in [-0.4, -0.2) is 64.1 Å². The minimum absolute atomic E-state index is 0.142. The van der Waals surface area contributed by atoms with Gasteiger partial charge < -0.3 is 39.4 Å². The van der Waals surface area contributed by atoms with Gasteiger partial charge >= 0.3 is 12.0 Å². The first-order valence-electron chi connectivity index (χ1n) is 11.9. The van der Waals surface area contributed by atoms with E-state index >= 15 is 0 Å². The number of aliphatic hydroxyl groups is 1. The molecule has 39 heavy (non-hydrogen) atoms. The van der Waals surface area contributed by atoms with Gasteiger partial charge in [0.1, 0.15) is 6.61 Å². The third kappa shape index (κ3) is 7.44. The first-order valence-corrected chi connectivity index (χ1v) is 12.9. The van der Waals surface area contributed by atoms with Crippen LogP contribution >= 0.6 is 22.6 Å². The van der Waals surface area contributed by atoms with Crippen molar-refractivity contribution in [2.24, 2.45) is 5.10 Å². The normalized spacial score (nSPS) is 15.8. The fraction of sp³-hybridized carbons (Fsp3) is 0.346. The molecule has 210 valence electrons. The lowest BCUT2D eigenvalue weighted by atomic mass is 9.95.